The second-order valence-electron chi connectivity index (χ2n) is 4.32. The third-order valence-corrected chi connectivity index (χ3v) is 4.34. The summed E-state index contributed by atoms with van der Waals surface area (Å²) in [6.45, 7) is 1.78. The van der Waals surface area contributed by atoms with Crippen molar-refractivity contribution in [2.45, 2.75) is 30.7 Å². The highest BCUT2D eigenvalue weighted by Crippen LogP contribution is 2.28. The number of carbonyl (C=O) groups is 1. The molecule has 0 bridgehead atoms. The molecule has 0 aliphatic rings. The van der Waals surface area contributed by atoms with E-state index in [0.717, 1.165) is 0 Å². The summed E-state index contributed by atoms with van der Waals surface area (Å²) in [5, 5.41) is 9.05. The highest BCUT2D eigenvalue weighted by atomic mass is 32.2. The van der Waals surface area contributed by atoms with E-state index in [9.17, 15) is 13.2 Å². The van der Waals surface area contributed by atoms with Gasteiger partial charge in [0.05, 0.1) is 14.2 Å². The van der Waals surface area contributed by atoms with Gasteiger partial charge in [0.15, 0.2) is 0 Å². The maximum absolute atomic E-state index is 12.3. The van der Waals surface area contributed by atoms with Crippen LogP contribution in [0.1, 0.15) is 19.8 Å². The summed E-state index contributed by atoms with van der Waals surface area (Å²) in [6, 6.07) is 3.02. The third kappa shape index (κ3) is 4.33. The van der Waals surface area contributed by atoms with Gasteiger partial charge in [-0.2, -0.15) is 4.72 Å². The van der Waals surface area contributed by atoms with E-state index in [-0.39, 0.29) is 17.1 Å². The highest BCUT2D eigenvalue weighted by molar-refractivity contribution is 7.89. The van der Waals surface area contributed by atoms with Crippen molar-refractivity contribution >= 4 is 16.0 Å². The second kappa shape index (κ2) is 7.28. The zero-order chi connectivity index (χ0) is 16.0. The summed E-state index contributed by atoms with van der Waals surface area (Å²) in [7, 11) is -1.23. The lowest BCUT2D eigenvalue weighted by Crippen LogP contribution is -2.40. The van der Waals surface area contributed by atoms with Crippen molar-refractivity contribution < 1.29 is 27.8 Å². The minimum absolute atomic E-state index is 0.0856. The van der Waals surface area contributed by atoms with Crippen molar-refractivity contribution in [1.82, 2.24) is 4.72 Å². The van der Waals surface area contributed by atoms with Crippen molar-refractivity contribution in [3.05, 3.63) is 18.2 Å². The van der Waals surface area contributed by atoms with Crippen molar-refractivity contribution in [3.8, 4) is 11.5 Å². The SMILES string of the molecule is CCC[C@H](NS(=O)(=O)c1ccc(OC)cc1OC)C(=O)O. The fourth-order valence-corrected chi connectivity index (χ4v) is 3.14. The maximum atomic E-state index is 12.3. The van der Waals surface area contributed by atoms with E-state index in [1.807, 2.05) is 0 Å². The fourth-order valence-electron chi connectivity index (χ4n) is 1.77. The summed E-state index contributed by atoms with van der Waals surface area (Å²) >= 11 is 0. The zero-order valence-electron chi connectivity index (χ0n) is 12.1. The number of carboxylic acid groups (broad SMARTS) is 1. The molecule has 0 spiro atoms. The average molecular weight is 317 g/mol. The molecule has 1 aromatic rings. The van der Waals surface area contributed by atoms with E-state index in [2.05, 4.69) is 4.72 Å². The van der Waals surface area contributed by atoms with Crippen LogP contribution in [0.5, 0.6) is 11.5 Å². The van der Waals surface area contributed by atoms with Crippen molar-refractivity contribution in [1.29, 1.82) is 0 Å². The first-order valence-corrected chi connectivity index (χ1v) is 7.81. The van der Waals surface area contributed by atoms with E-state index in [1.54, 1.807) is 6.92 Å². The summed E-state index contributed by atoms with van der Waals surface area (Å²) in [6.07, 6.45) is 0.742. The average Bonchev–Trinajstić information content (AvgIpc) is 2.45. The number of ether oxygens (including phenoxy) is 2. The highest BCUT2D eigenvalue weighted by Gasteiger charge is 2.27. The molecule has 2 N–H and O–H groups in total. The van der Waals surface area contributed by atoms with Crippen molar-refractivity contribution in [3.63, 3.8) is 0 Å². The van der Waals surface area contributed by atoms with Crippen LogP contribution in [0.3, 0.4) is 0 Å². The lowest BCUT2D eigenvalue weighted by Gasteiger charge is -2.16. The molecule has 0 amide bonds. The second-order valence-corrected chi connectivity index (χ2v) is 6.00. The number of benzene rings is 1. The number of carboxylic acids is 1. The van der Waals surface area contributed by atoms with Crippen LogP contribution < -0.4 is 14.2 Å². The smallest absolute Gasteiger partial charge is 0.321 e. The minimum Gasteiger partial charge on any atom is -0.497 e. The van der Waals surface area contributed by atoms with E-state index in [0.29, 0.717) is 12.2 Å². The molecule has 0 unspecified atom stereocenters. The number of methoxy groups -OCH3 is 2. The molecule has 0 aliphatic heterocycles. The van der Waals surface area contributed by atoms with E-state index in [1.165, 1.54) is 32.4 Å². The van der Waals surface area contributed by atoms with Gasteiger partial charge in [-0.15, -0.1) is 0 Å². The molecule has 1 rings (SSSR count). The maximum Gasteiger partial charge on any atom is 0.321 e. The van der Waals surface area contributed by atoms with Crippen LogP contribution in [0.15, 0.2) is 23.1 Å². The third-order valence-electron chi connectivity index (χ3n) is 2.83. The van der Waals surface area contributed by atoms with Crippen molar-refractivity contribution in [2.24, 2.45) is 0 Å². The number of nitrogens with one attached hydrogen (secondary N) is 1. The van der Waals surface area contributed by atoms with Gasteiger partial charge in [0.25, 0.3) is 0 Å². The van der Waals surface area contributed by atoms with Crippen LogP contribution >= 0.6 is 0 Å². The monoisotopic (exact) mass is 317 g/mol. The van der Waals surface area contributed by atoms with Crippen LogP contribution in [0.25, 0.3) is 0 Å². The molecule has 0 radical (unpaired) electrons. The fraction of sp³-hybridized carbons (Fsp3) is 0.462. The van der Waals surface area contributed by atoms with Gasteiger partial charge in [-0.1, -0.05) is 13.3 Å². The number of aliphatic carboxylic acids is 1. The lowest BCUT2D eigenvalue weighted by atomic mass is 10.2. The normalized spacial score (nSPS) is 12.7. The molecule has 1 atom stereocenters. The van der Waals surface area contributed by atoms with Gasteiger partial charge in [-0.05, 0) is 18.6 Å². The molecule has 0 aliphatic carbocycles. The van der Waals surface area contributed by atoms with Gasteiger partial charge in [0, 0.05) is 6.07 Å². The number of rotatable bonds is 8. The Morgan fingerprint density at radius 3 is 2.48 bits per heavy atom. The van der Waals surface area contributed by atoms with Gasteiger partial charge >= 0.3 is 5.97 Å². The van der Waals surface area contributed by atoms with Gasteiger partial charge in [-0.25, -0.2) is 8.42 Å². The molecule has 0 fully saturated rings. The van der Waals surface area contributed by atoms with E-state index >= 15 is 0 Å². The number of sulfonamides is 1. The Bertz CT molecular complexity index is 599. The van der Waals surface area contributed by atoms with Crippen LogP contribution in [-0.2, 0) is 14.8 Å². The Kier molecular flexibility index (Phi) is 5.98. The molecule has 21 heavy (non-hydrogen) atoms. The summed E-state index contributed by atoms with van der Waals surface area (Å²) in [5.74, 6) is -0.690. The first-order chi connectivity index (χ1) is 9.85. The van der Waals surface area contributed by atoms with E-state index in [4.69, 9.17) is 14.6 Å². The summed E-state index contributed by atoms with van der Waals surface area (Å²) < 4.78 is 36.8. The van der Waals surface area contributed by atoms with Crippen LogP contribution in [-0.4, -0.2) is 39.8 Å². The Morgan fingerprint density at radius 2 is 2.00 bits per heavy atom. The molecule has 118 valence electrons. The van der Waals surface area contributed by atoms with Crippen LogP contribution in [0.2, 0.25) is 0 Å². The summed E-state index contributed by atoms with van der Waals surface area (Å²) in [4.78, 5) is 10.9. The topological polar surface area (TPSA) is 102 Å². The Morgan fingerprint density at radius 1 is 1.33 bits per heavy atom. The molecule has 0 aromatic heterocycles. The predicted molar refractivity (Wildman–Crippen MR) is 76.2 cm³/mol. The van der Waals surface area contributed by atoms with E-state index < -0.39 is 22.0 Å². The Balaban J connectivity index is 3.15. The minimum atomic E-state index is -4.01. The van der Waals surface area contributed by atoms with Gasteiger partial charge < -0.3 is 14.6 Å². The first-order valence-electron chi connectivity index (χ1n) is 6.32. The van der Waals surface area contributed by atoms with Crippen molar-refractivity contribution in [2.75, 3.05) is 14.2 Å². The number of hydrogen-bond donors (Lipinski definition) is 2. The van der Waals surface area contributed by atoms with Gasteiger partial charge in [0.2, 0.25) is 10.0 Å². The lowest BCUT2D eigenvalue weighted by molar-refractivity contribution is -0.139. The molecule has 7 nitrogen and oxygen atoms in total. The molecule has 0 saturated heterocycles. The van der Waals surface area contributed by atoms with Crippen LogP contribution in [0.4, 0.5) is 0 Å². The summed E-state index contributed by atoms with van der Waals surface area (Å²) in [5.41, 5.74) is 0. The quantitative estimate of drug-likeness (QED) is 0.748. The molecule has 1 aromatic carbocycles. The first kappa shape index (κ1) is 17.3. The van der Waals surface area contributed by atoms with Crippen LogP contribution in [0, 0.1) is 0 Å². The van der Waals surface area contributed by atoms with Gasteiger partial charge in [-0.3, -0.25) is 4.79 Å². The molecular weight excluding hydrogens is 298 g/mol. The Labute approximate surface area is 123 Å². The zero-order valence-corrected chi connectivity index (χ0v) is 12.9. The Hall–Kier alpha value is -1.80. The molecule has 8 heteroatoms. The standard InChI is InChI=1S/C13H19NO6S/c1-4-5-10(13(15)16)14-21(17,18)12-7-6-9(19-2)8-11(12)20-3/h6-8,10,14H,4-5H2,1-3H3,(H,15,16)/t10-/m0/s1. The molecule has 0 saturated carbocycles. The predicted octanol–water partition coefficient (Wildman–Crippen LogP) is 1.24. The molecular formula is C13H19NO6S. The van der Waals surface area contributed by atoms with Gasteiger partial charge in [0.1, 0.15) is 22.4 Å². The largest absolute Gasteiger partial charge is 0.497 e. The molecule has 0 heterocycles. The number of hydrogen-bond acceptors (Lipinski definition) is 5.